The van der Waals surface area contributed by atoms with E-state index in [9.17, 15) is 13.2 Å². The Morgan fingerprint density at radius 2 is 1.80 bits per heavy atom. The van der Waals surface area contributed by atoms with Gasteiger partial charge in [-0.15, -0.1) is 0 Å². The summed E-state index contributed by atoms with van der Waals surface area (Å²) in [6.07, 6.45) is -2.20. The molecule has 0 saturated heterocycles. The zero-order valence-corrected chi connectivity index (χ0v) is 14.8. The molecule has 2 rings (SSSR count). The number of hydrogen-bond acceptors (Lipinski definition) is 4. The molecule has 7 heteroatoms. The number of ether oxygens (including phenoxy) is 1. The van der Waals surface area contributed by atoms with Crippen molar-refractivity contribution in [1.29, 1.82) is 0 Å². The molecule has 0 saturated carbocycles. The van der Waals surface area contributed by atoms with Crippen LogP contribution in [0.4, 0.5) is 24.8 Å². The fraction of sp³-hybridized carbons (Fsp3) is 0.444. The molecule has 0 N–H and O–H groups in total. The highest BCUT2D eigenvalue weighted by Gasteiger charge is 2.36. The van der Waals surface area contributed by atoms with Crippen LogP contribution in [0.2, 0.25) is 0 Å². The lowest BCUT2D eigenvalue weighted by Crippen LogP contribution is -2.19. The molecule has 4 nitrogen and oxygen atoms in total. The van der Waals surface area contributed by atoms with Crippen molar-refractivity contribution < 1.29 is 17.9 Å². The molecule has 1 aromatic carbocycles. The second kappa shape index (κ2) is 7.72. The first-order chi connectivity index (χ1) is 11.7. The molecule has 0 unspecified atom stereocenters. The molecule has 1 aromatic heterocycles. The van der Waals surface area contributed by atoms with Crippen molar-refractivity contribution >= 4 is 11.6 Å². The van der Waals surface area contributed by atoms with E-state index in [1.807, 2.05) is 24.3 Å². The van der Waals surface area contributed by atoms with Gasteiger partial charge in [-0.25, -0.2) is 4.98 Å². The molecule has 0 aliphatic rings. The molecular weight excluding hydrogens is 331 g/mol. The van der Waals surface area contributed by atoms with Crippen LogP contribution in [-0.4, -0.2) is 23.1 Å². The van der Waals surface area contributed by atoms with Gasteiger partial charge in [0, 0.05) is 18.9 Å². The molecule has 1 heterocycles. The van der Waals surface area contributed by atoms with Crippen molar-refractivity contribution in [3.63, 3.8) is 0 Å². The predicted molar refractivity (Wildman–Crippen MR) is 91.3 cm³/mol. The van der Waals surface area contributed by atoms with Crippen LogP contribution in [0.25, 0.3) is 0 Å². The molecule has 2 aromatic rings. The van der Waals surface area contributed by atoms with Crippen LogP contribution in [0.5, 0.6) is 5.88 Å². The smallest absolute Gasteiger partial charge is 0.423 e. The lowest BCUT2D eigenvalue weighted by molar-refractivity contribution is -0.139. The number of anilines is 2. The van der Waals surface area contributed by atoms with Crippen molar-refractivity contribution in [3.8, 4) is 5.88 Å². The molecule has 0 aliphatic heterocycles. The highest BCUT2D eigenvalue weighted by molar-refractivity contribution is 5.57. The summed E-state index contributed by atoms with van der Waals surface area (Å²) in [6, 6.07) is 7.78. The minimum Gasteiger partial charge on any atom is -0.474 e. The summed E-state index contributed by atoms with van der Waals surface area (Å²) < 4.78 is 44.5. The Kier molecular flexibility index (Phi) is 5.87. The van der Waals surface area contributed by atoms with Gasteiger partial charge in [0.15, 0.2) is 0 Å². The van der Waals surface area contributed by atoms with Gasteiger partial charge >= 0.3 is 6.18 Å². The van der Waals surface area contributed by atoms with Gasteiger partial charge in [0.1, 0.15) is 5.56 Å². The van der Waals surface area contributed by atoms with E-state index in [-0.39, 0.29) is 5.95 Å². The normalized spacial score (nSPS) is 11.7. The SMILES string of the molecule is CCCc1ccc(N(C)c2ncc(C(F)(F)F)c(OC(C)C)n2)cc1. The van der Waals surface area contributed by atoms with Crippen molar-refractivity contribution in [2.24, 2.45) is 0 Å². The van der Waals surface area contributed by atoms with E-state index in [1.54, 1.807) is 25.8 Å². The van der Waals surface area contributed by atoms with Crippen molar-refractivity contribution in [1.82, 2.24) is 9.97 Å². The van der Waals surface area contributed by atoms with Crippen LogP contribution in [0.15, 0.2) is 30.5 Å². The largest absolute Gasteiger partial charge is 0.474 e. The Morgan fingerprint density at radius 1 is 1.16 bits per heavy atom. The number of rotatable bonds is 6. The summed E-state index contributed by atoms with van der Waals surface area (Å²) >= 11 is 0. The van der Waals surface area contributed by atoms with E-state index < -0.39 is 23.7 Å². The third-order valence-electron chi connectivity index (χ3n) is 3.56. The van der Waals surface area contributed by atoms with Gasteiger partial charge < -0.3 is 9.64 Å². The van der Waals surface area contributed by atoms with Crippen molar-refractivity contribution in [2.45, 2.75) is 45.9 Å². The number of aryl methyl sites for hydroxylation is 1. The van der Waals surface area contributed by atoms with Crippen LogP contribution < -0.4 is 9.64 Å². The average molecular weight is 353 g/mol. The van der Waals surface area contributed by atoms with Gasteiger partial charge in [-0.2, -0.15) is 18.2 Å². The van der Waals surface area contributed by atoms with Gasteiger partial charge in [-0.05, 0) is 38.0 Å². The van der Waals surface area contributed by atoms with Gasteiger partial charge in [-0.3, -0.25) is 0 Å². The van der Waals surface area contributed by atoms with Crippen molar-refractivity contribution in [3.05, 3.63) is 41.6 Å². The number of nitrogens with zero attached hydrogens (tertiary/aromatic N) is 3. The molecule has 0 radical (unpaired) electrons. The summed E-state index contributed by atoms with van der Waals surface area (Å²) in [5, 5.41) is 0. The summed E-state index contributed by atoms with van der Waals surface area (Å²) in [4.78, 5) is 9.48. The van der Waals surface area contributed by atoms with Gasteiger partial charge in [0.25, 0.3) is 0 Å². The molecule has 0 bridgehead atoms. The fourth-order valence-corrected chi connectivity index (χ4v) is 2.32. The second-order valence-corrected chi connectivity index (χ2v) is 6.03. The molecule has 0 atom stereocenters. The van der Waals surface area contributed by atoms with Crippen LogP contribution in [-0.2, 0) is 12.6 Å². The first-order valence-corrected chi connectivity index (χ1v) is 8.16. The molecule has 25 heavy (non-hydrogen) atoms. The van der Waals surface area contributed by atoms with Gasteiger partial charge in [0.05, 0.1) is 6.10 Å². The Hall–Kier alpha value is -2.31. The van der Waals surface area contributed by atoms with E-state index in [0.717, 1.165) is 24.7 Å². The van der Waals surface area contributed by atoms with E-state index >= 15 is 0 Å². The number of aromatic nitrogens is 2. The first kappa shape index (κ1) is 19.0. The minimum absolute atomic E-state index is 0.145. The van der Waals surface area contributed by atoms with Crippen LogP contribution in [0.1, 0.15) is 38.3 Å². The third kappa shape index (κ3) is 4.84. The number of halogens is 3. The quantitative estimate of drug-likeness (QED) is 0.732. The predicted octanol–water partition coefficient (Wildman–Crippen LogP) is 5.00. The zero-order chi connectivity index (χ0) is 18.6. The summed E-state index contributed by atoms with van der Waals surface area (Å²) in [5.74, 6) is -0.311. The maximum atomic E-state index is 13.1. The van der Waals surface area contributed by atoms with Crippen LogP contribution in [0.3, 0.4) is 0 Å². The second-order valence-electron chi connectivity index (χ2n) is 6.03. The minimum atomic E-state index is -4.57. The Balaban J connectivity index is 2.34. The summed E-state index contributed by atoms with van der Waals surface area (Å²) in [7, 11) is 1.70. The van der Waals surface area contributed by atoms with E-state index in [2.05, 4.69) is 16.9 Å². The summed E-state index contributed by atoms with van der Waals surface area (Å²) in [5.41, 5.74) is 1.02. The molecule has 0 fully saturated rings. The molecule has 0 amide bonds. The first-order valence-electron chi connectivity index (χ1n) is 8.16. The number of alkyl halides is 3. The standard InChI is InChI=1S/C18H22F3N3O/c1-5-6-13-7-9-14(10-8-13)24(4)17-22-11-15(18(19,20)21)16(23-17)25-12(2)3/h7-12H,5-6H2,1-4H3. The third-order valence-corrected chi connectivity index (χ3v) is 3.56. The molecular formula is C18H22F3N3O. The Bertz CT molecular complexity index is 700. The Labute approximate surface area is 145 Å². The average Bonchev–Trinajstić information content (AvgIpc) is 2.53. The maximum absolute atomic E-state index is 13.1. The van der Waals surface area contributed by atoms with Gasteiger partial charge in [-0.1, -0.05) is 25.5 Å². The topological polar surface area (TPSA) is 38.2 Å². The molecule has 0 aliphatic carbocycles. The van der Waals surface area contributed by atoms with Gasteiger partial charge in [0.2, 0.25) is 11.8 Å². The maximum Gasteiger partial charge on any atom is 0.423 e. The monoisotopic (exact) mass is 353 g/mol. The highest BCUT2D eigenvalue weighted by Crippen LogP contribution is 2.36. The van der Waals surface area contributed by atoms with E-state index in [0.29, 0.717) is 0 Å². The van der Waals surface area contributed by atoms with Crippen LogP contribution >= 0.6 is 0 Å². The number of benzene rings is 1. The zero-order valence-electron chi connectivity index (χ0n) is 14.8. The molecule has 136 valence electrons. The summed E-state index contributed by atoms with van der Waals surface area (Å²) in [6.45, 7) is 5.41. The lowest BCUT2D eigenvalue weighted by Gasteiger charge is -2.20. The van der Waals surface area contributed by atoms with E-state index in [4.69, 9.17) is 4.74 Å². The van der Waals surface area contributed by atoms with Crippen molar-refractivity contribution in [2.75, 3.05) is 11.9 Å². The fourth-order valence-electron chi connectivity index (χ4n) is 2.32. The van der Waals surface area contributed by atoms with Crippen LogP contribution in [0, 0.1) is 0 Å². The Morgan fingerprint density at radius 3 is 2.32 bits per heavy atom. The molecule has 0 spiro atoms. The van der Waals surface area contributed by atoms with E-state index in [1.165, 1.54) is 5.56 Å². The number of hydrogen-bond donors (Lipinski definition) is 0. The highest BCUT2D eigenvalue weighted by atomic mass is 19.4. The lowest BCUT2D eigenvalue weighted by atomic mass is 10.1.